The molecule has 88 valence electrons. The van der Waals surface area contributed by atoms with E-state index < -0.39 is 0 Å². The lowest BCUT2D eigenvalue weighted by Gasteiger charge is -2.34. The second-order valence-corrected chi connectivity index (χ2v) is 3.91. The lowest BCUT2D eigenvalue weighted by molar-refractivity contribution is 0.0985. The van der Waals surface area contributed by atoms with Gasteiger partial charge in [0.25, 0.3) is 0 Å². The van der Waals surface area contributed by atoms with Crippen molar-refractivity contribution in [2.24, 2.45) is 0 Å². The number of hydrogen-bond acceptors (Lipinski definition) is 5. The summed E-state index contributed by atoms with van der Waals surface area (Å²) in [6.07, 6.45) is 3.56. The van der Waals surface area contributed by atoms with E-state index in [9.17, 15) is 0 Å². The summed E-state index contributed by atoms with van der Waals surface area (Å²) in [5.41, 5.74) is 0. The molecular formula is C11H18N4O. The minimum absolute atomic E-state index is 0.361. The molecule has 0 spiro atoms. The Bertz CT molecular complexity index is 345. The van der Waals surface area contributed by atoms with E-state index in [2.05, 4.69) is 27.1 Å². The quantitative estimate of drug-likeness (QED) is 0.831. The third kappa shape index (κ3) is 2.41. The molecule has 1 saturated heterocycles. The zero-order chi connectivity index (χ0) is 11.4. The third-order valence-corrected chi connectivity index (χ3v) is 2.64. The molecule has 1 fully saturated rings. The van der Waals surface area contributed by atoms with Crippen LogP contribution < -0.4 is 10.2 Å². The van der Waals surface area contributed by atoms with Gasteiger partial charge >= 0.3 is 0 Å². The number of aromatic nitrogens is 2. The molecule has 0 amide bonds. The van der Waals surface area contributed by atoms with E-state index in [-0.39, 0.29) is 0 Å². The van der Waals surface area contributed by atoms with Gasteiger partial charge in [-0.15, -0.1) is 0 Å². The van der Waals surface area contributed by atoms with E-state index in [0.29, 0.717) is 6.04 Å². The maximum absolute atomic E-state index is 5.41. The molecule has 1 atom stereocenters. The first kappa shape index (κ1) is 11.1. The van der Waals surface area contributed by atoms with E-state index in [1.165, 1.54) is 0 Å². The number of hydrogen-bond donors (Lipinski definition) is 1. The summed E-state index contributed by atoms with van der Waals surface area (Å²) in [6, 6.07) is 0.361. The van der Waals surface area contributed by atoms with E-state index in [1.807, 2.05) is 13.1 Å². The van der Waals surface area contributed by atoms with Crippen LogP contribution in [0.15, 0.2) is 12.4 Å². The highest BCUT2D eigenvalue weighted by Gasteiger charge is 2.20. The van der Waals surface area contributed by atoms with Gasteiger partial charge in [-0.3, -0.25) is 4.98 Å². The fourth-order valence-electron chi connectivity index (χ4n) is 1.83. The van der Waals surface area contributed by atoms with Crippen LogP contribution in [0.3, 0.4) is 0 Å². The molecule has 5 heteroatoms. The van der Waals surface area contributed by atoms with Gasteiger partial charge in [0, 0.05) is 13.1 Å². The van der Waals surface area contributed by atoms with E-state index >= 15 is 0 Å². The van der Waals surface area contributed by atoms with Gasteiger partial charge in [-0.25, -0.2) is 4.98 Å². The molecule has 0 radical (unpaired) electrons. The van der Waals surface area contributed by atoms with E-state index in [1.54, 1.807) is 6.20 Å². The van der Waals surface area contributed by atoms with Gasteiger partial charge in [-0.2, -0.15) is 0 Å². The Hall–Kier alpha value is -1.36. The zero-order valence-electron chi connectivity index (χ0n) is 9.81. The lowest BCUT2D eigenvalue weighted by Crippen LogP contribution is -2.44. The maximum Gasteiger partial charge on any atom is 0.149 e. The number of nitrogens with one attached hydrogen (secondary N) is 1. The number of ether oxygens (including phenoxy) is 1. The van der Waals surface area contributed by atoms with Crippen molar-refractivity contribution in [1.82, 2.24) is 9.97 Å². The summed E-state index contributed by atoms with van der Waals surface area (Å²) < 4.78 is 5.41. The molecule has 1 N–H and O–H groups in total. The lowest BCUT2D eigenvalue weighted by atomic mass is 10.2. The van der Waals surface area contributed by atoms with Crippen LogP contribution in [0.4, 0.5) is 11.6 Å². The van der Waals surface area contributed by atoms with Gasteiger partial charge in [0.05, 0.1) is 31.6 Å². The first-order valence-electron chi connectivity index (χ1n) is 5.71. The number of nitrogens with zero attached hydrogens (tertiary/aromatic N) is 3. The summed E-state index contributed by atoms with van der Waals surface area (Å²) in [5.74, 6) is 1.76. The van der Waals surface area contributed by atoms with Crippen LogP contribution in [-0.4, -0.2) is 42.3 Å². The van der Waals surface area contributed by atoms with Crippen molar-refractivity contribution in [1.29, 1.82) is 0 Å². The molecule has 0 saturated carbocycles. The molecule has 2 rings (SSSR count). The van der Waals surface area contributed by atoms with Crippen LogP contribution in [0.1, 0.15) is 13.8 Å². The molecule has 0 bridgehead atoms. The average molecular weight is 222 g/mol. The Balaban J connectivity index is 2.15. The van der Waals surface area contributed by atoms with E-state index in [4.69, 9.17) is 4.74 Å². The Morgan fingerprint density at radius 3 is 3.19 bits per heavy atom. The van der Waals surface area contributed by atoms with Gasteiger partial charge in [-0.05, 0) is 13.8 Å². The highest BCUT2D eigenvalue weighted by atomic mass is 16.5. The Morgan fingerprint density at radius 1 is 1.56 bits per heavy atom. The second-order valence-electron chi connectivity index (χ2n) is 3.91. The van der Waals surface area contributed by atoms with Crippen LogP contribution >= 0.6 is 0 Å². The Morgan fingerprint density at radius 2 is 2.44 bits per heavy atom. The smallest absolute Gasteiger partial charge is 0.149 e. The molecule has 1 aromatic heterocycles. The standard InChI is InChI=1S/C11H18N4O/c1-3-13-10-6-12-7-11(14-10)15-4-5-16-8-9(15)2/h6-7,9H,3-5,8H2,1-2H3,(H,13,14). The van der Waals surface area contributed by atoms with Gasteiger partial charge < -0.3 is 15.0 Å². The SMILES string of the molecule is CCNc1cncc(N2CCOCC2C)n1. The molecular weight excluding hydrogens is 204 g/mol. The molecule has 5 nitrogen and oxygen atoms in total. The van der Waals surface area contributed by atoms with Crippen LogP contribution in [0.5, 0.6) is 0 Å². The fourth-order valence-corrected chi connectivity index (χ4v) is 1.83. The van der Waals surface area contributed by atoms with Gasteiger partial charge in [0.15, 0.2) is 0 Å². The number of anilines is 2. The average Bonchev–Trinajstić information content (AvgIpc) is 2.30. The van der Waals surface area contributed by atoms with Crippen molar-refractivity contribution in [3.63, 3.8) is 0 Å². The van der Waals surface area contributed by atoms with Crippen LogP contribution in [0, 0.1) is 0 Å². The third-order valence-electron chi connectivity index (χ3n) is 2.64. The molecule has 0 aliphatic carbocycles. The predicted octanol–water partition coefficient (Wildman–Crippen LogP) is 1.13. The number of morpholine rings is 1. The van der Waals surface area contributed by atoms with Gasteiger partial charge in [0.2, 0.25) is 0 Å². The molecule has 1 aromatic rings. The summed E-state index contributed by atoms with van der Waals surface area (Å²) >= 11 is 0. The minimum Gasteiger partial charge on any atom is -0.377 e. The number of rotatable bonds is 3. The van der Waals surface area contributed by atoms with Crippen LogP contribution in [-0.2, 0) is 4.74 Å². The van der Waals surface area contributed by atoms with Crippen molar-refractivity contribution < 1.29 is 4.74 Å². The molecule has 1 aliphatic heterocycles. The van der Waals surface area contributed by atoms with E-state index in [0.717, 1.165) is 37.9 Å². The van der Waals surface area contributed by atoms with Gasteiger partial charge in [0.1, 0.15) is 11.6 Å². The normalized spacial score (nSPS) is 20.9. The first-order valence-corrected chi connectivity index (χ1v) is 5.71. The molecule has 0 aromatic carbocycles. The molecule has 1 unspecified atom stereocenters. The summed E-state index contributed by atoms with van der Waals surface area (Å²) in [6.45, 7) is 7.44. The highest BCUT2D eigenvalue weighted by molar-refractivity contribution is 5.44. The summed E-state index contributed by atoms with van der Waals surface area (Å²) in [7, 11) is 0. The minimum atomic E-state index is 0.361. The first-order chi connectivity index (χ1) is 7.81. The highest BCUT2D eigenvalue weighted by Crippen LogP contribution is 2.17. The monoisotopic (exact) mass is 222 g/mol. The van der Waals surface area contributed by atoms with Gasteiger partial charge in [-0.1, -0.05) is 0 Å². The zero-order valence-corrected chi connectivity index (χ0v) is 9.81. The van der Waals surface area contributed by atoms with Crippen molar-refractivity contribution in [2.45, 2.75) is 19.9 Å². The predicted molar refractivity (Wildman–Crippen MR) is 63.8 cm³/mol. The molecule has 16 heavy (non-hydrogen) atoms. The fraction of sp³-hybridized carbons (Fsp3) is 0.636. The second kappa shape index (κ2) is 5.12. The topological polar surface area (TPSA) is 50.3 Å². The summed E-state index contributed by atoms with van der Waals surface area (Å²) in [5, 5.41) is 3.17. The van der Waals surface area contributed by atoms with Crippen molar-refractivity contribution in [3.05, 3.63) is 12.4 Å². The van der Waals surface area contributed by atoms with Crippen molar-refractivity contribution in [2.75, 3.05) is 36.5 Å². The maximum atomic E-state index is 5.41. The van der Waals surface area contributed by atoms with Crippen LogP contribution in [0.2, 0.25) is 0 Å². The molecule has 2 heterocycles. The van der Waals surface area contributed by atoms with Crippen molar-refractivity contribution in [3.8, 4) is 0 Å². The van der Waals surface area contributed by atoms with Crippen LogP contribution in [0.25, 0.3) is 0 Å². The Labute approximate surface area is 95.8 Å². The Kier molecular flexibility index (Phi) is 3.56. The molecule has 1 aliphatic rings. The summed E-state index contributed by atoms with van der Waals surface area (Å²) in [4.78, 5) is 11.0. The van der Waals surface area contributed by atoms with Crippen molar-refractivity contribution >= 4 is 11.6 Å². The largest absolute Gasteiger partial charge is 0.377 e.